The van der Waals surface area contributed by atoms with Gasteiger partial charge in [-0.05, 0) is 52.4 Å². The molecule has 0 atom stereocenters. The molecule has 1 aromatic rings. The van der Waals surface area contributed by atoms with Crippen molar-refractivity contribution in [2.24, 2.45) is 0 Å². The number of likely N-dealkylation sites (N-methyl/N-ethyl adjacent to an activating group) is 1. The maximum absolute atomic E-state index is 3.18. The number of aromatic nitrogens is 1. The largest absolute Gasteiger partial charge is 0.349 e. The van der Waals surface area contributed by atoms with Crippen LogP contribution in [-0.2, 0) is 13.0 Å². The molecule has 1 N–H and O–H groups in total. The van der Waals surface area contributed by atoms with Crippen LogP contribution in [0.2, 0.25) is 0 Å². The summed E-state index contributed by atoms with van der Waals surface area (Å²) in [7, 11) is 2.00. The fraction of sp³-hybridized carbons (Fsp3) is 0.636. The fourth-order valence-electron chi connectivity index (χ4n) is 1.87. The molecule has 0 aromatic carbocycles. The standard InChI is InChI=1S/C11H20N2/c1-5-13-9(2)8-11(10(13)3)6-7-12-4/h8,12H,5-7H2,1-4H3. The number of hydrogen-bond donors (Lipinski definition) is 1. The van der Waals surface area contributed by atoms with Crippen molar-refractivity contribution >= 4 is 0 Å². The summed E-state index contributed by atoms with van der Waals surface area (Å²) in [6, 6.07) is 2.30. The second kappa shape index (κ2) is 4.47. The Bertz CT molecular complexity index is 274. The van der Waals surface area contributed by atoms with Gasteiger partial charge >= 0.3 is 0 Å². The third kappa shape index (κ3) is 2.13. The number of hydrogen-bond acceptors (Lipinski definition) is 1. The molecule has 0 radical (unpaired) electrons. The molecule has 0 unspecified atom stereocenters. The number of nitrogens with zero attached hydrogens (tertiary/aromatic N) is 1. The van der Waals surface area contributed by atoms with Crippen LogP contribution in [0.25, 0.3) is 0 Å². The molecule has 0 aliphatic carbocycles. The molecule has 1 rings (SSSR count). The Morgan fingerprint density at radius 2 is 2.08 bits per heavy atom. The summed E-state index contributed by atoms with van der Waals surface area (Å²) in [5, 5.41) is 3.18. The quantitative estimate of drug-likeness (QED) is 0.748. The highest BCUT2D eigenvalue weighted by atomic mass is 15.0. The van der Waals surface area contributed by atoms with Crippen molar-refractivity contribution in [3.05, 3.63) is 23.0 Å². The van der Waals surface area contributed by atoms with Gasteiger partial charge in [0.15, 0.2) is 0 Å². The van der Waals surface area contributed by atoms with Crippen molar-refractivity contribution in [2.75, 3.05) is 13.6 Å². The van der Waals surface area contributed by atoms with Gasteiger partial charge in [0.2, 0.25) is 0 Å². The summed E-state index contributed by atoms with van der Waals surface area (Å²) in [4.78, 5) is 0. The number of aryl methyl sites for hydroxylation is 1. The van der Waals surface area contributed by atoms with Crippen LogP contribution in [0.3, 0.4) is 0 Å². The zero-order chi connectivity index (χ0) is 9.84. The molecule has 0 aliphatic rings. The molecular weight excluding hydrogens is 160 g/mol. The van der Waals surface area contributed by atoms with Crippen molar-refractivity contribution in [3.8, 4) is 0 Å². The first-order valence-corrected chi connectivity index (χ1v) is 5.01. The molecule has 0 bridgehead atoms. The van der Waals surface area contributed by atoms with Crippen LogP contribution in [0.1, 0.15) is 23.9 Å². The summed E-state index contributed by atoms with van der Waals surface area (Å²) in [6.45, 7) is 8.73. The second-order valence-corrected chi connectivity index (χ2v) is 3.49. The number of nitrogens with one attached hydrogen (secondary N) is 1. The van der Waals surface area contributed by atoms with Crippen LogP contribution in [0.15, 0.2) is 6.07 Å². The van der Waals surface area contributed by atoms with Crippen molar-refractivity contribution < 1.29 is 0 Å². The molecule has 0 saturated carbocycles. The predicted octanol–water partition coefficient (Wildman–Crippen LogP) is 1.89. The first kappa shape index (κ1) is 10.3. The van der Waals surface area contributed by atoms with Gasteiger partial charge in [0.25, 0.3) is 0 Å². The predicted molar refractivity (Wildman–Crippen MR) is 57.2 cm³/mol. The summed E-state index contributed by atoms with van der Waals surface area (Å²) in [5.74, 6) is 0. The maximum Gasteiger partial charge on any atom is 0.0196 e. The van der Waals surface area contributed by atoms with Crippen LogP contribution < -0.4 is 5.32 Å². The topological polar surface area (TPSA) is 17.0 Å². The van der Waals surface area contributed by atoms with Crippen LogP contribution in [-0.4, -0.2) is 18.2 Å². The van der Waals surface area contributed by atoms with Crippen LogP contribution in [0.5, 0.6) is 0 Å². The molecule has 13 heavy (non-hydrogen) atoms. The van der Waals surface area contributed by atoms with Gasteiger partial charge in [0, 0.05) is 17.9 Å². The van der Waals surface area contributed by atoms with Crippen molar-refractivity contribution in [2.45, 2.75) is 33.7 Å². The van der Waals surface area contributed by atoms with E-state index in [4.69, 9.17) is 0 Å². The van der Waals surface area contributed by atoms with E-state index in [1.807, 2.05) is 7.05 Å². The lowest BCUT2D eigenvalue weighted by Crippen LogP contribution is -2.10. The average Bonchev–Trinajstić information content (AvgIpc) is 2.38. The molecular formula is C11H20N2. The Hall–Kier alpha value is -0.760. The van der Waals surface area contributed by atoms with Gasteiger partial charge in [-0.3, -0.25) is 0 Å². The van der Waals surface area contributed by atoms with E-state index in [-0.39, 0.29) is 0 Å². The zero-order valence-electron chi connectivity index (χ0n) is 9.15. The lowest BCUT2D eigenvalue weighted by atomic mass is 10.2. The lowest BCUT2D eigenvalue weighted by Gasteiger charge is -2.05. The monoisotopic (exact) mass is 180 g/mol. The Kier molecular flexibility index (Phi) is 3.55. The first-order valence-electron chi connectivity index (χ1n) is 5.01. The Labute approximate surface area is 81.0 Å². The van der Waals surface area contributed by atoms with E-state index >= 15 is 0 Å². The molecule has 0 fully saturated rings. The van der Waals surface area contributed by atoms with Crippen LogP contribution in [0, 0.1) is 13.8 Å². The van der Waals surface area contributed by atoms with Crippen LogP contribution >= 0.6 is 0 Å². The molecule has 2 heteroatoms. The maximum atomic E-state index is 3.18. The SMILES string of the molecule is CCn1c(C)cc(CCNC)c1C. The smallest absolute Gasteiger partial charge is 0.0196 e. The highest BCUT2D eigenvalue weighted by molar-refractivity contribution is 5.26. The third-order valence-corrected chi connectivity index (χ3v) is 2.64. The van der Waals surface area contributed by atoms with E-state index in [0.717, 1.165) is 19.5 Å². The molecule has 1 heterocycles. The second-order valence-electron chi connectivity index (χ2n) is 3.49. The van der Waals surface area contributed by atoms with Crippen molar-refractivity contribution in [1.29, 1.82) is 0 Å². The van der Waals surface area contributed by atoms with Gasteiger partial charge in [-0.2, -0.15) is 0 Å². The summed E-state index contributed by atoms with van der Waals surface area (Å²) < 4.78 is 2.37. The highest BCUT2D eigenvalue weighted by Crippen LogP contribution is 2.14. The summed E-state index contributed by atoms with van der Waals surface area (Å²) >= 11 is 0. The average molecular weight is 180 g/mol. The Balaban J connectivity index is 2.83. The number of rotatable bonds is 4. The molecule has 0 amide bonds. The molecule has 0 aliphatic heterocycles. The van der Waals surface area contributed by atoms with Gasteiger partial charge in [0.1, 0.15) is 0 Å². The minimum atomic E-state index is 1.06. The fourth-order valence-corrected chi connectivity index (χ4v) is 1.87. The van der Waals surface area contributed by atoms with Crippen LogP contribution in [0.4, 0.5) is 0 Å². The minimum Gasteiger partial charge on any atom is -0.349 e. The Morgan fingerprint density at radius 1 is 1.38 bits per heavy atom. The van der Waals surface area contributed by atoms with E-state index in [1.165, 1.54) is 17.0 Å². The van der Waals surface area contributed by atoms with E-state index in [1.54, 1.807) is 0 Å². The van der Waals surface area contributed by atoms with Crippen molar-refractivity contribution in [3.63, 3.8) is 0 Å². The van der Waals surface area contributed by atoms with Gasteiger partial charge in [-0.15, -0.1) is 0 Å². The van der Waals surface area contributed by atoms with E-state index in [0.29, 0.717) is 0 Å². The first-order chi connectivity index (χ1) is 6.20. The van der Waals surface area contributed by atoms with E-state index < -0.39 is 0 Å². The van der Waals surface area contributed by atoms with E-state index in [2.05, 4.69) is 36.7 Å². The molecule has 2 nitrogen and oxygen atoms in total. The molecule has 74 valence electrons. The minimum absolute atomic E-state index is 1.06. The highest BCUT2D eigenvalue weighted by Gasteiger charge is 2.06. The Morgan fingerprint density at radius 3 is 2.54 bits per heavy atom. The van der Waals surface area contributed by atoms with Gasteiger partial charge in [0.05, 0.1) is 0 Å². The van der Waals surface area contributed by atoms with Gasteiger partial charge in [-0.25, -0.2) is 0 Å². The normalized spacial score (nSPS) is 10.8. The van der Waals surface area contributed by atoms with E-state index in [9.17, 15) is 0 Å². The van der Waals surface area contributed by atoms with Crippen molar-refractivity contribution in [1.82, 2.24) is 9.88 Å². The third-order valence-electron chi connectivity index (χ3n) is 2.64. The summed E-state index contributed by atoms with van der Waals surface area (Å²) in [6.07, 6.45) is 1.14. The molecule has 0 saturated heterocycles. The lowest BCUT2D eigenvalue weighted by molar-refractivity contribution is 0.710. The zero-order valence-corrected chi connectivity index (χ0v) is 9.15. The molecule has 1 aromatic heterocycles. The molecule has 0 spiro atoms. The van der Waals surface area contributed by atoms with Gasteiger partial charge in [-0.1, -0.05) is 0 Å². The summed E-state index contributed by atoms with van der Waals surface area (Å²) in [5.41, 5.74) is 4.29. The van der Waals surface area contributed by atoms with Gasteiger partial charge < -0.3 is 9.88 Å².